The van der Waals surface area contributed by atoms with Crippen LogP contribution in [0.4, 0.5) is 0 Å². The molecule has 0 bridgehead atoms. The number of nitrogens with two attached hydrogens (primary N) is 1. The van der Waals surface area contributed by atoms with Crippen LogP contribution in [0.3, 0.4) is 0 Å². The summed E-state index contributed by atoms with van der Waals surface area (Å²) >= 11 is 6.33. The van der Waals surface area contributed by atoms with E-state index in [1.807, 2.05) is 13.0 Å². The van der Waals surface area contributed by atoms with E-state index in [0.717, 1.165) is 29.9 Å². The molecule has 1 fully saturated rings. The van der Waals surface area contributed by atoms with Gasteiger partial charge < -0.3 is 15.2 Å². The van der Waals surface area contributed by atoms with Gasteiger partial charge in [-0.1, -0.05) is 11.6 Å². The van der Waals surface area contributed by atoms with Gasteiger partial charge in [0.05, 0.1) is 18.2 Å². The Bertz CT molecular complexity index is 419. The smallest absolute Gasteiger partial charge is 0.141 e. The first-order valence-electron chi connectivity index (χ1n) is 6.96. The molecule has 1 aromatic carbocycles. The maximum atomic E-state index is 6.33. The Kier molecular flexibility index (Phi) is 5.49. The van der Waals surface area contributed by atoms with E-state index in [0.29, 0.717) is 30.7 Å². The van der Waals surface area contributed by atoms with Crippen molar-refractivity contribution in [2.75, 3.05) is 19.8 Å². The monoisotopic (exact) mass is 283 g/mol. The largest absolute Gasteiger partial charge is 0.491 e. The van der Waals surface area contributed by atoms with Gasteiger partial charge in [-0.05, 0) is 61.9 Å². The van der Waals surface area contributed by atoms with Gasteiger partial charge in [0, 0.05) is 6.61 Å². The summed E-state index contributed by atoms with van der Waals surface area (Å²) in [4.78, 5) is 0. The van der Waals surface area contributed by atoms with Crippen molar-refractivity contribution >= 4 is 11.6 Å². The van der Waals surface area contributed by atoms with Crippen molar-refractivity contribution in [3.8, 4) is 5.75 Å². The van der Waals surface area contributed by atoms with Crippen LogP contribution in [0.2, 0.25) is 5.02 Å². The van der Waals surface area contributed by atoms with Crippen molar-refractivity contribution in [2.45, 2.75) is 32.8 Å². The van der Waals surface area contributed by atoms with Crippen LogP contribution in [0.25, 0.3) is 0 Å². The summed E-state index contributed by atoms with van der Waals surface area (Å²) in [5.74, 6) is 1.52. The predicted octanol–water partition coefficient (Wildman–Crippen LogP) is 3.17. The summed E-state index contributed by atoms with van der Waals surface area (Å²) < 4.78 is 11.3. The lowest BCUT2D eigenvalue weighted by Gasteiger charge is -2.15. The van der Waals surface area contributed by atoms with Gasteiger partial charge in [-0.25, -0.2) is 0 Å². The van der Waals surface area contributed by atoms with Gasteiger partial charge in [0.15, 0.2) is 0 Å². The van der Waals surface area contributed by atoms with Gasteiger partial charge in [-0.3, -0.25) is 0 Å². The number of hydrogen-bond acceptors (Lipinski definition) is 3. The van der Waals surface area contributed by atoms with Gasteiger partial charge in [0.25, 0.3) is 0 Å². The molecule has 1 aliphatic rings. The molecule has 4 heteroatoms. The minimum Gasteiger partial charge on any atom is -0.491 e. The number of halogens is 1. The van der Waals surface area contributed by atoms with Crippen LogP contribution >= 0.6 is 11.6 Å². The molecule has 0 atom stereocenters. The van der Waals surface area contributed by atoms with Crippen molar-refractivity contribution in [3.05, 3.63) is 28.3 Å². The highest BCUT2D eigenvalue weighted by atomic mass is 35.5. The molecule has 0 heterocycles. The van der Waals surface area contributed by atoms with E-state index in [1.165, 1.54) is 12.8 Å². The quantitative estimate of drug-likeness (QED) is 0.797. The maximum Gasteiger partial charge on any atom is 0.141 e. The van der Waals surface area contributed by atoms with E-state index < -0.39 is 0 Å². The molecule has 1 aliphatic carbocycles. The summed E-state index contributed by atoms with van der Waals surface area (Å²) in [6.07, 6.45) is 3.32. The predicted molar refractivity (Wildman–Crippen MR) is 77.8 cm³/mol. The molecule has 2 N–H and O–H groups in total. The lowest BCUT2D eigenvalue weighted by molar-refractivity contribution is 0.134. The Morgan fingerprint density at radius 3 is 2.79 bits per heavy atom. The zero-order chi connectivity index (χ0) is 13.7. The van der Waals surface area contributed by atoms with Gasteiger partial charge in [0.2, 0.25) is 0 Å². The molecule has 0 radical (unpaired) electrons. The van der Waals surface area contributed by atoms with Crippen LogP contribution in [0.1, 0.15) is 30.9 Å². The van der Waals surface area contributed by atoms with Crippen molar-refractivity contribution in [1.29, 1.82) is 0 Å². The second-order valence-corrected chi connectivity index (χ2v) is 5.40. The Morgan fingerprint density at radius 2 is 2.16 bits per heavy atom. The molecule has 2 rings (SSSR count). The maximum absolute atomic E-state index is 6.33. The summed E-state index contributed by atoms with van der Waals surface area (Å²) in [5.41, 5.74) is 7.83. The Labute approximate surface area is 120 Å². The van der Waals surface area contributed by atoms with E-state index in [9.17, 15) is 0 Å². The fourth-order valence-electron chi connectivity index (χ4n) is 2.00. The first kappa shape index (κ1) is 14.6. The van der Waals surface area contributed by atoms with Crippen LogP contribution in [-0.2, 0) is 17.8 Å². The molecule has 19 heavy (non-hydrogen) atoms. The van der Waals surface area contributed by atoms with Crippen molar-refractivity contribution in [2.24, 2.45) is 11.7 Å². The average Bonchev–Trinajstić information content (AvgIpc) is 3.20. The highest BCUT2D eigenvalue weighted by molar-refractivity contribution is 6.32. The summed E-state index contributed by atoms with van der Waals surface area (Å²) in [6, 6.07) is 4.02. The highest BCUT2D eigenvalue weighted by Gasteiger charge is 2.23. The molecule has 106 valence electrons. The highest BCUT2D eigenvalue weighted by Crippen LogP contribution is 2.34. The van der Waals surface area contributed by atoms with Gasteiger partial charge in [-0.15, -0.1) is 0 Å². The fourth-order valence-corrected chi connectivity index (χ4v) is 2.32. The zero-order valence-electron chi connectivity index (χ0n) is 11.5. The second kappa shape index (κ2) is 7.13. The Morgan fingerprint density at radius 1 is 1.37 bits per heavy atom. The van der Waals surface area contributed by atoms with Crippen LogP contribution in [-0.4, -0.2) is 19.8 Å². The number of rotatable bonds is 8. The van der Waals surface area contributed by atoms with Gasteiger partial charge in [-0.2, -0.15) is 0 Å². The normalized spacial score (nSPS) is 14.7. The molecule has 3 nitrogen and oxygen atoms in total. The Balaban J connectivity index is 2.13. The first-order chi connectivity index (χ1) is 9.24. The van der Waals surface area contributed by atoms with Crippen LogP contribution in [0.5, 0.6) is 5.75 Å². The molecule has 0 aliphatic heterocycles. The molecule has 0 amide bonds. The van der Waals surface area contributed by atoms with E-state index >= 15 is 0 Å². The van der Waals surface area contributed by atoms with Crippen molar-refractivity contribution in [1.82, 2.24) is 0 Å². The summed E-state index contributed by atoms with van der Waals surface area (Å²) in [7, 11) is 0. The van der Waals surface area contributed by atoms with E-state index in [-0.39, 0.29) is 0 Å². The van der Waals surface area contributed by atoms with Gasteiger partial charge >= 0.3 is 0 Å². The number of benzene rings is 1. The van der Waals surface area contributed by atoms with Crippen LogP contribution in [0.15, 0.2) is 12.1 Å². The van der Waals surface area contributed by atoms with Gasteiger partial charge in [0.1, 0.15) is 5.75 Å². The molecule has 1 saturated carbocycles. The average molecular weight is 284 g/mol. The van der Waals surface area contributed by atoms with E-state index in [4.69, 9.17) is 26.8 Å². The number of ether oxygens (including phenoxy) is 2. The number of hydrogen-bond donors (Lipinski definition) is 1. The van der Waals surface area contributed by atoms with Crippen LogP contribution in [0, 0.1) is 5.92 Å². The molecule has 1 aromatic rings. The molecular weight excluding hydrogens is 262 g/mol. The lowest BCUT2D eigenvalue weighted by atomic mass is 10.1. The standard InChI is InChI=1S/C15H22ClNO2/c1-2-18-9-12-7-13(5-6-17)15(14(16)8-12)19-10-11-3-4-11/h7-8,11H,2-6,9-10,17H2,1H3. The molecule has 0 unspecified atom stereocenters. The zero-order valence-corrected chi connectivity index (χ0v) is 12.2. The molecular formula is C15H22ClNO2. The summed E-state index contributed by atoms with van der Waals surface area (Å²) in [5, 5.41) is 0.668. The van der Waals surface area contributed by atoms with Crippen molar-refractivity contribution in [3.63, 3.8) is 0 Å². The minimum absolute atomic E-state index is 0.580. The Hall–Kier alpha value is -0.770. The third-order valence-electron chi connectivity index (χ3n) is 3.23. The lowest BCUT2D eigenvalue weighted by Crippen LogP contribution is -2.08. The molecule has 0 spiro atoms. The first-order valence-corrected chi connectivity index (χ1v) is 7.34. The second-order valence-electron chi connectivity index (χ2n) is 5.00. The third-order valence-corrected chi connectivity index (χ3v) is 3.51. The summed E-state index contributed by atoms with van der Waals surface area (Å²) in [6.45, 7) is 4.62. The topological polar surface area (TPSA) is 44.5 Å². The third kappa shape index (κ3) is 4.37. The molecule has 0 aromatic heterocycles. The fraction of sp³-hybridized carbons (Fsp3) is 0.600. The van der Waals surface area contributed by atoms with Crippen LogP contribution < -0.4 is 10.5 Å². The molecule has 0 saturated heterocycles. The van der Waals surface area contributed by atoms with E-state index in [2.05, 4.69) is 6.07 Å². The van der Waals surface area contributed by atoms with E-state index in [1.54, 1.807) is 0 Å². The minimum atomic E-state index is 0.580. The van der Waals surface area contributed by atoms with Crippen molar-refractivity contribution < 1.29 is 9.47 Å². The SMILES string of the molecule is CCOCc1cc(Cl)c(OCC2CC2)c(CCN)c1.